The molecule has 0 spiro atoms. The second kappa shape index (κ2) is 8.86. The van der Waals surface area contributed by atoms with E-state index < -0.39 is 0 Å². The van der Waals surface area contributed by atoms with E-state index in [2.05, 4.69) is 36.1 Å². The molecule has 0 aromatic heterocycles. The topological polar surface area (TPSA) is 27.7 Å². The van der Waals surface area contributed by atoms with Crippen LogP contribution in [0.3, 0.4) is 0 Å². The maximum atomic E-state index is 5.66. The molecule has 17 heavy (non-hydrogen) atoms. The number of ether oxygens (including phenoxy) is 1. The van der Waals surface area contributed by atoms with Crippen LogP contribution in [0.2, 0.25) is 0 Å². The lowest BCUT2D eigenvalue weighted by Crippen LogP contribution is -2.40. The van der Waals surface area contributed by atoms with E-state index in [1.807, 2.05) is 0 Å². The second-order valence-corrected chi connectivity index (χ2v) is 5.38. The summed E-state index contributed by atoms with van der Waals surface area (Å²) < 4.78 is 5.66. The average Bonchev–Trinajstić information content (AvgIpc) is 2.23. The van der Waals surface area contributed by atoms with E-state index in [1.54, 1.807) is 0 Å². The van der Waals surface area contributed by atoms with Gasteiger partial charge in [0.2, 0.25) is 0 Å². The van der Waals surface area contributed by atoms with Crippen molar-refractivity contribution in [1.82, 2.24) is 15.1 Å². The lowest BCUT2D eigenvalue weighted by Gasteiger charge is -2.28. The number of hydrogen-bond donors (Lipinski definition) is 1. The van der Waals surface area contributed by atoms with E-state index in [0.717, 1.165) is 45.3 Å². The molecule has 0 amide bonds. The molecule has 0 radical (unpaired) electrons. The van der Waals surface area contributed by atoms with Crippen LogP contribution in [0.15, 0.2) is 0 Å². The summed E-state index contributed by atoms with van der Waals surface area (Å²) in [7, 11) is 4.16. The summed E-state index contributed by atoms with van der Waals surface area (Å²) in [6, 6.07) is 0. The summed E-state index contributed by atoms with van der Waals surface area (Å²) in [5.41, 5.74) is 0. The number of hydrogen-bond acceptors (Lipinski definition) is 4. The van der Waals surface area contributed by atoms with Crippen LogP contribution in [0.25, 0.3) is 0 Å². The second-order valence-electron chi connectivity index (χ2n) is 5.38. The Kier molecular flexibility index (Phi) is 7.77. The molecule has 0 aromatic carbocycles. The van der Waals surface area contributed by atoms with Gasteiger partial charge in [0.25, 0.3) is 0 Å². The number of rotatable bonds is 6. The van der Waals surface area contributed by atoms with Crippen LogP contribution in [-0.2, 0) is 4.74 Å². The van der Waals surface area contributed by atoms with Gasteiger partial charge in [-0.25, -0.2) is 0 Å². The SMILES string of the molecule is CC1CNCCCN(CCOCCN(C)C)C1. The predicted molar refractivity (Wildman–Crippen MR) is 72.5 cm³/mol. The molecule has 1 saturated heterocycles. The first kappa shape index (κ1) is 14.9. The minimum Gasteiger partial charge on any atom is -0.379 e. The van der Waals surface area contributed by atoms with Gasteiger partial charge in [0.05, 0.1) is 13.2 Å². The zero-order valence-corrected chi connectivity index (χ0v) is 11.7. The van der Waals surface area contributed by atoms with Crippen molar-refractivity contribution in [2.45, 2.75) is 13.3 Å². The largest absolute Gasteiger partial charge is 0.379 e. The van der Waals surface area contributed by atoms with Crippen molar-refractivity contribution in [2.75, 3.05) is 66.6 Å². The van der Waals surface area contributed by atoms with Crippen LogP contribution in [0.1, 0.15) is 13.3 Å². The third-order valence-corrected chi connectivity index (χ3v) is 3.13. The van der Waals surface area contributed by atoms with E-state index in [-0.39, 0.29) is 0 Å². The Labute approximate surface area is 106 Å². The highest BCUT2D eigenvalue weighted by Gasteiger charge is 2.12. The zero-order valence-electron chi connectivity index (χ0n) is 11.7. The van der Waals surface area contributed by atoms with Crippen molar-refractivity contribution < 1.29 is 4.74 Å². The van der Waals surface area contributed by atoms with Gasteiger partial charge in [-0.15, -0.1) is 0 Å². The summed E-state index contributed by atoms with van der Waals surface area (Å²) in [6.07, 6.45) is 1.25. The van der Waals surface area contributed by atoms with E-state index in [0.29, 0.717) is 0 Å². The minimum atomic E-state index is 0.747. The molecule has 1 rings (SSSR count). The predicted octanol–water partition coefficient (Wildman–Crippen LogP) is 0.496. The standard InChI is InChI=1S/C13H29N3O/c1-13-11-14-5-4-6-16(12-13)8-10-17-9-7-15(2)3/h13-14H,4-12H2,1-3H3. The van der Waals surface area contributed by atoms with Crippen LogP contribution >= 0.6 is 0 Å². The number of nitrogens with zero attached hydrogens (tertiary/aromatic N) is 2. The first-order valence-electron chi connectivity index (χ1n) is 6.84. The molecule has 102 valence electrons. The molecule has 1 atom stereocenters. The highest BCUT2D eigenvalue weighted by molar-refractivity contribution is 4.69. The van der Waals surface area contributed by atoms with Crippen LogP contribution in [0, 0.1) is 5.92 Å². The lowest BCUT2D eigenvalue weighted by molar-refractivity contribution is 0.0858. The van der Waals surface area contributed by atoms with Crippen LogP contribution in [-0.4, -0.2) is 76.4 Å². The van der Waals surface area contributed by atoms with Gasteiger partial charge in [0.1, 0.15) is 0 Å². The van der Waals surface area contributed by atoms with E-state index >= 15 is 0 Å². The fourth-order valence-corrected chi connectivity index (χ4v) is 2.12. The summed E-state index contributed by atoms with van der Waals surface area (Å²) >= 11 is 0. The minimum absolute atomic E-state index is 0.747. The Bertz CT molecular complexity index is 188. The highest BCUT2D eigenvalue weighted by Crippen LogP contribution is 2.03. The summed E-state index contributed by atoms with van der Waals surface area (Å²) in [5.74, 6) is 0.747. The average molecular weight is 243 g/mol. The maximum absolute atomic E-state index is 5.66. The van der Waals surface area contributed by atoms with Crippen LogP contribution in [0.4, 0.5) is 0 Å². The smallest absolute Gasteiger partial charge is 0.0594 e. The van der Waals surface area contributed by atoms with Gasteiger partial charge in [0.15, 0.2) is 0 Å². The lowest BCUT2D eigenvalue weighted by atomic mass is 10.1. The molecule has 1 heterocycles. The highest BCUT2D eigenvalue weighted by atomic mass is 16.5. The van der Waals surface area contributed by atoms with E-state index in [4.69, 9.17) is 4.74 Å². The first-order valence-corrected chi connectivity index (χ1v) is 6.84. The summed E-state index contributed by atoms with van der Waals surface area (Å²) in [5, 5.41) is 3.48. The molecule has 1 fully saturated rings. The molecule has 1 aliphatic heterocycles. The van der Waals surface area contributed by atoms with Crippen molar-refractivity contribution in [3.63, 3.8) is 0 Å². The molecule has 0 aromatic rings. The fourth-order valence-electron chi connectivity index (χ4n) is 2.12. The van der Waals surface area contributed by atoms with Crippen molar-refractivity contribution in [2.24, 2.45) is 5.92 Å². The molecule has 1 N–H and O–H groups in total. The quantitative estimate of drug-likeness (QED) is 0.688. The van der Waals surface area contributed by atoms with Gasteiger partial charge in [-0.1, -0.05) is 6.92 Å². The molecule has 4 nitrogen and oxygen atoms in total. The van der Waals surface area contributed by atoms with Gasteiger partial charge >= 0.3 is 0 Å². The van der Waals surface area contributed by atoms with Gasteiger partial charge in [-0.3, -0.25) is 0 Å². The van der Waals surface area contributed by atoms with Crippen molar-refractivity contribution in [3.05, 3.63) is 0 Å². The Morgan fingerprint density at radius 3 is 2.94 bits per heavy atom. The molecule has 4 heteroatoms. The fraction of sp³-hybridized carbons (Fsp3) is 1.00. The number of likely N-dealkylation sites (N-methyl/N-ethyl adjacent to an activating group) is 1. The van der Waals surface area contributed by atoms with Crippen molar-refractivity contribution in [1.29, 1.82) is 0 Å². The van der Waals surface area contributed by atoms with Gasteiger partial charge in [-0.2, -0.15) is 0 Å². The normalized spacial score (nSPS) is 23.6. The molecule has 1 unspecified atom stereocenters. The van der Waals surface area contributed by atoms with Gasteiger partial charge in [0, 0.05) is 19.6 Å². The third kappa shape index (κ3) is 7.71. The number of nitrogens with one attached hydrogen (secondary N) is 1. The molecule has 0 bridgehead atoms. The third-order valence-electron chi connectivity index (χ3n) is 3.13. The van der Waals surface area contributed by atoms with Crippen LogP contribution < -0.4 is 5.32 Å². The summed E-state index contributed by atoms with van der Waals surface area (Å²) in [6.45, 7) is 10.8. The Hall–Kier alpha value is -0.160. The van der Waals surface area contributed by atoms with E-state index in [1.165, 1.54) is 19.5 Å². The van der Waals surface area contributed by atoms with E-state index in [9.17, 15) is 0 Å². The van der Waals surface area contributed by atoms with Gasteiger partial charge in [-0.05, 0) is 46.1 Å². The van der Waals surface area contributed by atoms with Crippen LogP contribution in [0.5, 0.6) is 0 Å². The zero-order chi connectivity index (χ0) is 12.5. The molecule has 0 saturated carbocycles. The molecule has 0 aliphatic carbocycles. The summed E-state index contributed by atoms with van der Waals surface area (Å²) in [4.78, 5) is 4.70. The monoisotopic (exact) mass is 243 g/mol. The Morgan fingerprint density at radius 2 is 2.18 bits per heavy atom. The van der Waals surface area contributed by atoms with Gasteiger partial charge < -0.3 is 19.9 Å². The molecular formula is C13H29N3O. The maximum Gasteiger partial charge on any atom is 0.0594 e. The first-order chi connectivity index (χ1) is 8.18. The molecule has 1 aliphatic rings. The Morgan fingerprint density at radius 1 is 1.35 bits per heavy atom. The van der Waals surface area contributed by atoms with Crippen molar-refractivity contribution in [3.8, 4) is 0 Å². The molecular weight excluding hydrogens is 214 g/mol. The van der Waals surface area contributed by atoms with Crippen molar-refractivity contribution >= 4 is 0 Å². The Balaban J connectivity index is 2.07.